The lowest BCUT2D eigenvalue weighted by atomic mass is 10.2. The third-order valence-corrected chi connectivity index (χ3v) is 4.23. The molecule has 0 fully saturated rings. The van der Waals surface area contributed by atoms with Crippen LogP contribution in [0.5, 0.6) is 11.5 Å². The molecule has 0 radical (unpaired) electrons. The van der Waals surface area contributed by atoms with Crippen LogP contribution in [-0.2, 0) is 6.61 Å². The maximum absolute atomic E-state index is 12.6. The Kier molecular flexibility index (Phi) is 5.49. The highest BCUT2D eigenvalue weighted by Crippen LogP contribution is 2.31. The van der Waals surface area contributed by atoms with E-state index < -0.39 is 0 Å². The summed E-state index contributed by atoms with van der Waals surface area (Å²) >= 11 is 6.10. The normalized spacial score (nSPS) is 10.4. The molecule has 3 rings (SSSR count). The molecular formula is C20H18ClNO4. The fraction of sp³-hybridized carbons (Fsp3) is 0.150. The molecule has 0 atom stereocenters. The minimum Gasteiger partial charge on any atom is -0.495 e. The number of carbonyl (C=O) groups is 1. The molecule has 2 aromatic carbocycles. The van der Waals surface area contributed by atoms with Gasteiger partial charge < -0.3 is 19.2 Å². The van der Waals surface area contributed by atoms with Gasteiger partial charge in [-0.2, -0.15) is 0 Å². The first-order valence-electron chi connectivity index (χ1n) is 7.98. The second kappa shape index (κ2) is 7.97. The van der Waals surface area contributed by atoms with Crippen LogP contribution in [0.25, 0.3) is 0 Å². The van der Waals surface area contributed by atoms with Gasteiger partial charge in [-0.05, 0) is 36.8 Å². The van der Waals surface area contributed by atoms with Gasteiger partial charge >= 0.3 is 0 Å². The highest BCUT2D eigenvalue weighted by Gasteiger charge is 2.18. The topological polar surface area (TPSA) is 60.7 Å². The zero-order valence-electron chi connectivity index (χ0n) is 14.4. The largest absolute Gasteiger partial charge is 0.495 e. The maximum Gasteiger partial charge on any atom is 0.291 e. The second-order valence-electron chi connectivity index (χ2n) is 5.63. The molecule has 0 unspecified atom stereocenters. The van der Waals surface area contributed by atoms with Crippen LogP contribution in [0.1, 0.15) is 21.7 Å². The summed E-state index contributed by atoms with van der Waals surface area (Å²) in [5.74, 6) is 0.995. The SMILES string of the molecule is COc1cc(Cl)c(C)cc1NC(=O)c1occc1COc1ccccc1. The molecule has 0 aliphatic carbocycles. The van der Waals surface area contributed by atoms with E-state index in [0.717, 1.165) is 11.3 Å². The first kappa shape index (κ1) is 17.9. The number of nitrogens with one attached hydrogen (secondary N) is 1. The lowest BCUT2D eigenvalue weighted by molar-refractivity contribution is 0.0993. The number of methoxy groups -OCH3 is 1. The van der Waals surface area contributed by atoms with Crippen molar-refractivity contribution >= 4 is 23.2 Å². The van der Waals surface area contributed by atoms with Gasteiger partial charge in [-0.3, -0.25) is 4.79 Å². The number of halogens is 1. The van der Waals surface area contributed by atoms with E-state index in [2.05, 4.69) is 5.32 Å². The first-order valence-corrected chi connectivity index (χ1v) is 8.36. The number of furan rings is 1. The Morgan fingerprint density at radius 3 is 2.69 bits per heavy atom. The molecule has 3 aromatic rings. The summed E-state index contributed by atoms with van der Waals surface area (Å²) in [5.41, 5.74) is 2.00. The Bertz CT molecular complexity index is 905. The minimum absolute atomic E-state index is 0.190. The number of rotatable bonds is 6. The van der Waals surface area contributed by atoms with Crippen molar-refractivity contribution in [1.82, 2.24) is 0 Å². The van der Waals surface area contributed by atoms with E-state index in [1.54, 1.807) is 18.2 Å². The minimum atomic E-state index is -0.387. The van der Waals surface area contributed by atoms with Gasteiger partial charge in [-0.1, -0.05) is 29.8 Å². The van der Waals surface area contributed by atoms with Gasteiger partial charge in [0.25, 0.3) is 5.91 Å². The molecule has 6 heteroatoms. The van der Waals surface area contributed by atoms with Crippen LogP contribution in [0, 0.1) is 6.92 Å². The van der Waals surface area contributed by atoms with Crippen molar-refractivity contribution in [2.24, 2.45) is 0 Å². The molecular weight excluding hydrogens is 354 g/mol. The van der Waals surface area contributed by atoms with Crippen molar-refractivity contribution in [2.45, 2.75) is 13.5 Å². The Labute approximate surface area is 156 Å². The van der Waals surface area contributed by atoms with E-state index in [-0.39, 0.29) is 18.3 Å². The van der Waals surface area contributed by atoms with Crippen molar-refractivity contribution in [3.8, 4) is 11.5 Å². The molecule has 1 N–H and O–H groups in total. The molecule has 0 saturated carbocycles. The number of benzene rings is 2. The van der Waals surface area contributed by atoms with Gasteiger partial charge in [0.1, 0.15) is 18.1 Å². The number of carbonyl (C=O) groups excluding carboxylic acids is 1. The summed E-state index contributed by atoms with van der Waals surface area (Å²) < 4.78 is 16.3. The molecule has 134 valence electrons. The Morgan fingerprint density at radius 2 is 1.96 bits per heavy atom. The third-order valence-electron chi connectivity index (χ3n) is 3.82. The van der Waals surface area contributed by atoms with Gasteiger partial charge in [-0.15, -0.1) is 0 Å². The van der Waals surface area contributed by atoms with E-state index in [4.69, 9.17) is 25.5 Å². The predicted molar refractivity (Wildman–Crippen MR) is 100 cm³/mol. The zero-order chi connectivity index (χ0) is 18.5. The molecule has 5 nitrogen and oxygen atoms in total. The van der Waals surface area contributed by atoms with Crippen molar-refractivity contribution in [3.63, 3.8) is 0 Å². The third kappa shape index (κ3) is 4.00. The summed E-state index contributed by atoms with van der Waals surface area (Å²) in [4.78, 5) is 12.6. The number of ether oxygens (including phenoxy) is 2. The highest BCUT2D eigenvalue weighted by atomic mass is 35.5. The fourth-order valence-corrected chi connectivity index (χ4v) is 2.59. The lowest BCUT2D eigenvalue weighted by Crippen LogP contribution is -2.14. The number of para-hydroxylation sites is 1. The number of amides is 1. The van der Waals surface area contributed by atoms with E-state index >= 15 is 0 Å². The molecule has 0 bridgehead atoms. The van der Waals surface area contributed by atoms with E-state index in [1.165, 1.54) is 13.4 Å². The van der Waals surface area contributed by atoms with Crippen molar-refractivity contribution < 1.29 is 18.7 Å². The number of hydrogen-bond donors (Lipinski definition) is 1. The standard InChI is InChI=1S/C20H18ClNO4/c1-13-10-17(18(24-2)11-16(13)21)22-20(23)19-14(8-9-25-19)12-26-15-6-4-3-5-7-15/h3-11H,12H2,1-2H3,(H,22,23). The Balaban J connectivity index is 1.75. The predicted octanol–water partition coefficient (Wildman–Crippen LogP) is 5.08. The fourth-order valence-electron chi connectivity index (χ4n) is 2.44. The van der Waals surface area contributed by atoms with Gasteiger partial charge in [0.05, 0.1) is 19.1 Å². The van der Waals surface area contributed by atoms with E-state index in [1.807, 2.05) is 37.3 Å². The van der Waals surface area contributed by atoms with Gasteiger partial charge in [0, 0.05) is 16.7 Å². The first-order chi connectivity index (χ1) is 12.6. The molecule has 0 aliphatic rings. The van der Waals surface area contributed by atoms with Crippen LogP contribution in [0.3, 0.4) is 0 Å². The van der Waals surface area contributed by atoms with Crippen LogP contribution >= 0.6 is 11.6 Å². The van der Waals surface area contributed by atoms with Gasteiger partial charge in [0.15, 0.2) is 5.76 Å². The molecule has 0 aliphatic heterocycles. The molecule has 0 spiro atoms. The summed E-state index contributed by atoms with van der Waals surface area (Å²) in [6.45, 7) is 2.07. The smallest absolute Gasteiger partial charge is 0.291 e. The van der Waals surface area contributed by atoms with Crippen LogP contribution in [0.2, 0.25) is 5.02 Å². The average Bonchev–Trinajstić information content (AvgIpc) is 3.12. The van der Waals surface area contributed by atoms with Crippen molar-refractivity contribution in [1.29, 1.82) is 0 Å². The number of aryl methyl sites for hydroxylation is 1. The van der Waals surface area contributed by atoms with E-state index in [9.17, 15) is 4.79 Å². The van der Waals surface area contributed by atoms with E-state index in [0.29, 0.717) is 22.0 Å². The number of hydrogen-bond acceptors (Lipinski definition) is 4. The molecule has 26 heavy (non-hydrogen) atoms. The monoisotopic (exact) mass is 371 g/mol. The number of anilines is 1. The Hall–Kier alpha value is -2.92. The van der Waals surface area contributed by atoms with Crippen LogP contribution < -0.4 is 14.8 Å². The van der Waals surface area contributed by atoms with Crippen molar-refractivity contribution in [2.75, 3.05) is 12.4 Å². The Morgan fingerprint density at radius 1 is 1.19 bits per heavy atom. The average molecular weight is 372 g/mol. The highest BCUT2D eigenvalue weighted by molar-refractivity contribution is 6.31. The summed E-state index contributed by atoms with van der Waals surface area (Å²) in [5, 5.41) is 3.36. The molecule has 1 heterocycles. The summed E-state index contributed by atoms with van der Waals surface area (Å²) in [6, 6.07) is 14.5. The maximum atomic E-state index is 12.6. The molecule has 0 saturated heterocycles. The van der Waals surface area contributed by atoms with Gasteiger partial charge in [-0.25, -0.2) is 0 Å². The van der Waals surface area contributed by atoms with Crippen LogP contribution in [0.4, 0.5) is 5.69 Å². The molecule has 1 aromatic heterocycles. The molecule has 1 amide bonds. The van der Waals surface area contributed by atoms with Crippen LogP contribution in [0.15, 0.2) is 59.2 Å². The zero-order valence-corrected chi connectivity index (χ0v) is 15.2. The van der Waals surface area contributed by atoms with Crippen molar-refractivity contribution in [3.05, 3.63) is 76.7 Å². The summed E-state index contributed by atoms with van der Waals surface area (Å²) in [6.07, 6.45) is 1.46. The van der Waals surface area contributed by atoms with Crippen LogP contribution in [-0.4, -0.2) is 13.0 Å². The quantitative estimate of drug-likeness (QED) is 0.656. The lowest BCUT2D eigenvalue weighted by Gasteiger charge is -2.12. The summed E-state index contributed by atoms with van der Waals surface area (Å²) in [7, 11) is 1.52. The van der Waals surface area contributed by atoms with Gasteiger partial charge in [0.2, 0.25) is 0 Å². The second-order valence-corrected chi connectivity index (χ2v) is 6.04.